The van der Waals surface area contributed by atoms with Gasteiger partial charge in [0.25, 0.3) is 6.43 Å². The van der Waals surface area contributed by atoms with Crippen LogP contribution in [0.4, 0.5) is 8.78 Å². The molecule has 0 bridgehead atoms. The molecule has 0 aromatic heterocycles. The molecule has 15 heavy (non-hydrogen) atoms. The molecule has 2 N–H and O–H groups in total. The molecule has 3 heteroatoms. The maximum absolute atomic E-state index is 12.8. The Morgan fingerprint density at radius 1 is 1.13 bits per heavy atom. The monoisotopic (exact) mass is 211 g/mol. The molecule has 1 aliphatic carbocycles. The number of hydrogen-bond acceptors (Lipinski definition) is 1. The smallest absolute Gasteiger partial charge is 0.264 e. The molecule has 1 aliphatic rings. The first-order chi connectivity index (χ1) is 7.13. The van der Waals surface area contributed by atoms with Crippen LogP contribution in [0.3, 0.4) is 0 Å². The molecule has 1 fully saturated rings. The van der Waals surface area contributed by atoms with Gasteiger partial charge in [0.1, 0.15) is 0 Å². The molecule has 0 heterocycles. The second kappa shape index (κ2) is 3.89. The second-order valence-electron chi connectivity index (χ2n) is 4.25. The Hall–Kier alpha value is -0.960. The topological polar surface area (TPSA) is 26.0 Å². The van der Waals surface area contributed by atoms with E-state index in [1.54, 1.807) is 18.2 Å². The summed E-state index contributed by atoms with van der Waals surface area (Å²) >= 11 is 0. The summed E-state index contributed by atoms with van der Waals surface area (Å²) in [6.45, 7) is 0. The average molecular weight is 211 g/mol. The van der Waals surface area contributed by atoms with Crippen molar-refractivity contribution in [3.63, 3.8) is 0 Å². The summed E-state index contributed by atoms with van der Waals surface area (Å²) in [6.07, 6.45) is 1.28. The molecule has 0 radical (unpaired) electrons. The average Bonchev–Trinajstić information content (AvgIpc) is 2.66. The zero-order valence-electron chi connectivity index (χ0n) is 8.55. The van der Waals surface area contributed by atoms with E-state index in [1.807, 2.05) is 0 Å². The van der Waals surface area contributed by atoms with E-state index in [4.69, 9.17) is 5.73 Å². The zero-order chi connectivity index (χ0) is 10.9. The number of halogens is 2. The van der Waals surface area contributed by atoms with Crippen molar-refractivity contribution >= 4 is 0 Å². The van der Waals surface area contributed by atoms with Crippen molar-refractivity contribution in [2.45, 2.75) is 37.6 Å². The SMILES string of the molecule is NC1(c2ccccc2C(F)F)CCCC1. The quantitative estimate of drug-likeness (QED) is 0.797. The van der Waals surface area contributed by atoms with Crippen LogP contribution in [-0.2, 0) is 5.54 Å². The fourth-order valence-electron chi connectivity index (χ4n) is 2.42. The van der Waals surface area contributed by atoms with Gasteiger partial charge in [0, 0.05) is 11.1 Å². The van der Waals surface area contributed by atoms with Crippen molar-refractivity contribution in [2.75, 3.05) is 0 Å². The lowest BCUT2D eigenvalue weighted by molar-refractivity contribution is 0.148. The molecule has 2 rings (SSSR count). The van der Waals surface area contributed by atoms with E-state index >= 15 is 0 Å². The molecule has 1 aromatic rings. The highest BCUT2D eigenvalue weighted by molar-refractivity contribution is 5.35. The van der Waals surface area contributed by atoms with Crippen LogP contribution in [0, 0.1) is 0 Å². The molecule has 0 atom stereocenters. The Balaban J connectivity index is 2.42. The summed E-state index contributed by atoms with van der Waals surface area (Å²) in [5, 5.41) is 0. The van der Waals surface area contributed by atoms with Crippen LogP contribution in [0.15, 0.2) is 24.3 Å². The fraction of sp³-hybridized carbons (Fsp3) is 0.500. The van der Waals surface area contributed by atoms with Gasteiger partial charge < -0.3 is 5.73 Å². The van der Waals surface area contributed by atoms with Crippen molar-refractivity contribution in [3.05, 3.63) is 35.4 Å². The minimum Gasteiger partial charge on any atom is -0.321 e. The molecule has 0 unspecified atom stereocenters. The minimum atomic E-state index is -2.43. The molecule has 1 aromatic carbocycles. The van der Waals surface area contributed by atoms with Crippen molar-refractivity contribution in [1.29, 1.82) is 0 Å². The van der Waals surface area contributed by atoms with Gasteiger partial charge >= 0.3 is 0 Å². The number of alkyl halides is 2. The number of hydrogen-bond donors (Lipinski definition) is 1. The Morgan fingerprint density at radius 2 is 1.73 bits per heavy atom. The summed E-state index contributed by atoms with van der Waals surface area (Å²) in [6, 6.07) is 6.65. The molecular formula is C12H15F2N. The first-order valence-corrected chi connectivity index (χ1v) is 5.30. The third-order valence-electron chi connectivity index (χ3n) is 3.23. The molecule has 0 spiro atoms. The zero-order valence-corrected chi connectivity index (χ0v) is 8.55. The van der Waals surface area contributed by atoms with E-state index in [0.29, 0.717) is 5.56 Å². The molecular weight excluding hydrogens is 196 g/mol. The van der Waals surface area contributed by atoms with Gasteiger partial charge in [0.15, 0.2) is 0 Å². The minimum absolute atomic E-state index is 0.0990. The lowest BCUT2D eigenvalue weighted by atomic mass is 9.86. The van der Waals surface area contributed by atoms with Crippen LogP contribution in [0.1, 0.15) is 43.2 Å². The van der Waals surface area contributed by atoms with E-state index in [1.165, 1.54) is 6.07 Å². The molecule has 1 saturated carbocycles. The van der Waals surface area contributed by atoms with Gasteiger partial charge in [-0.05, 0) is 18.4 Å². The summed E-state index contributed by atoms with van der Waals surface area (Å²) < 4.78 is 25.6. The lowest BCUT2D eigenvalue weighted by Crippen LogP contribution is -2.34. The lowest BCUT2D eigenvalue weighted by Gasteiger charge is -2.26. The summed E-state index contributed by atoms with van der Waals surface area (Å²) in [4.78, 5) is 0. The Kier molecular flexibility index (Phi) is 2.74. The standard InChI is InChI=1S/C12H15F2N/c13-11(14)9-5-1-2-6-10(9)12(15)7-3-4-8-12/h1-2,5-6,11H,3-4,7-8,15H2. The second-order valence-corrected chi connectivity index (χ2v) is 4.25. The summed E-state index contributed by atoms with van der Waals surface area (Å²) in [5.74, 6) is 0. The molecule has 0 aliphatic heterocycles. The number of benzene rings is 1. The maximum atomic E-state index is 12.8. The van der Waals surface area contributed by atoms with Crippen LogP contribution in [-0.4, -0.2) is 0 Å². The van der Waals surface area contributed by atoms with Crippen LogP contribution in [0.5, 0.6) is 0 Å². The van der Waals surface area contributed by atoms with E-state index in [2.05, 4.69) is 0 Å². The van der Waals surface area contributed by atoms with Gasteiger partial charge in [0.2, 0.25) is 0 Å². The van der Waals surface area contributed by atoms with E-state index in [0.717, 1.165) is 25.7 Å². The predicted molar refractivity (Wildman–Crippen MR) is 55.7 cm³/mol. The predicted octanol–water partition coefficient (Wildman–Crippen LogP) is 3.35. The highest BCUT2D eigenvalue weighted by Gasteiger charge is 2.34. The van der Waals surface area contributed by atoms with Gasteiger partial charge in [-0.2, -0.15) is 0 Å². The fourth-order valence-corrected chi connectivity index (χ4v) is 2.42. The molecule has 82 valence electrons. The van der Waals surface area contributed by atoms with Crippen LogP contribution >= 0.6 is 0 Å². The number of nitrogens with two attached hydrogens (primary N) is 1. The third-order valence-corrected chi connectivity index (χ3v) is 3.23. The van der Waals surface area contributed by atoms with Gasteiger partial charge in [-0.3, -0.25) is 0 Å². The third kappa shape index (κ3) is 1.88. The number of rotatable bonds is 2. The maximum Gasteiger partial charge on any atom is 0.264 e. The van der Waals surface area contributed by atoms with Crippen LogP contribution < -0.4 is 5.73 Å². The Labute approximate surface area is 88.3 Å². The van der Waals surface area contributed by atoms with Crippen molar-refractivity contribution in [1.82, 2.24) is 0 Å². The van der Waals surface area contributed by atoms with Crippen molar-refractivity contribution in [3.8, 4) is 0 Å². The van der Waals surface area contributed by atoms with E-state index in [9.17, 15) is 8.78 Å². The van der Waals surface area contributed by atoms with Gasteiger partial charge in [-0.15, -0.1) is 0 Å². The van der Waals surface area contributed by atoms with Crippen LogP contribution in [0.2, 0.25) is 0 Å². The molecule has 1 nitrogen and oxygen atoms in total. The first kappa shape index (κ1) is 10.6. The summed E-state index contributed by atoms with van der Waals surface area (Å²) in [5.41, 5.74) is 6.40. The van der Waals surface area contributed by atoms with Gasteiger partial charge in [-0.25, -0.2) is 8.78 Å². The Bertz CT molecular complexity index is 343. The van der Waals surface area contributed by atoms with Gasteiger partial charge in [-0.1, -0.05) is 37.1 Å². The van der Waals surface area contributed by atoms with E-state index < -0.39 is 12.0 Å². The highest BCUT2D eigenvalue weighted by Crippen LogP contribution is 2.40. The van der Waals surface area contributed by atoms with Crippen molar-refractivity contribution < 1.29 is 8.78 Å². The normalized spacial score (nSPS) is 19.7. The van der Waals surface area contributed by atoms with Crippen LogP contribution in [0.25, 0.3) is 0 Å². The summed E-state index contributed by atoms with van der Waals surface area (Å²) in [7, 11) is 0. The first-order valence-electron chi connectivity index (χ1n) is 5.30. The molecule has 0 amide bonds. The van der Waals surface area contributed by atoms with E-state index in [-0.39, 0.29) is 5.56 Å². The van der Waals surface area contributed by atoms with Crippen molar-refractivity contribution in [2.24, 2.45) is 5.73 Å². The van der Waals surface area contributed by atoms with Gasteiger partial charge in [0.05, 0.1) is 0 Å². The Morgan fingerprint density at radius 3 is 2.33 bits per heavy atom. The largest absolute Gasteiger partial charge is 0.321 e. The highest BCUT2D eigenvalue weighted by atomic mass is 19.3. The molecule has 0 saturated heterocycles.